The van der Waals surface area contributed by atoms with Crippen LogP contribution in [0.4, 0.5) is 0 Å². The monoisotopic (exact) mass is 1060 g/mol. The zero-order valence-electron chi connectivity index (χ0n) is 45.1. The zero-order valence-corrected chi connectivity index (χ0v) is 45.1. The van der Waals surface area contributed by atoms with Crippen molar-refractivity contribution in [3.8, 4) is 34.0 Å². The lowest BCUT2D eigenvalue weighted by Gasteiger charge is -2.33. The van der Waals surface area contributed by atoms with E-state index in [1.54, 1.807) is 52.4 Å². The summed E-state index contributed by atoms with van der Waals surface area (Å²) in [5, 5.41) is 36.1. The Labute approximate surface area is 446 Å². The fourth-order valence-corrected chi connectivity index (χ4v) is 11.9. The summed E-state index contributed by atoms with van der Waals surface area (Å²) < 4.78 is 39.2. The highest BCUT2D eigenvalue weighted by Gasteiger charge is 2.39. The molecular weight excluding hydrogens is 1000 g/mol. The Morgan fingerprint density at radius 1 is 0.628 bits per heavy atom. The van der Waals surface area contributed by atoms with E-state index in [4.69, 9.17) is 43.6 Å². The van der Waals surface area contributed by atoms with Crippen LogP contribution in [0.2, 0.25) is 0 Å². The number of carboxylic acid groups (broad SMARTS) is 1. The lowest BCUT2D eigenvalue weighted by atomic mass is 9.88. The largest absolute Gasteiger partial charge is 0.495 e. The van der Waals surface area contributed by atoms with Gasteiger partial charge in [-0.15, -0.1) is 10.2 Å². The summed E-state index contributed by atoms with van der Waals surface area (Å²) in [6, 6.07) is 8.93. The van der Waals surface area contributed by atoms with Gasteiger partial charge in [0.1, 0.15) is 56.0 Å². The molecule has 404 valence electrons. The number of ether oxygens (including phenoxy) is 5. The van der Waals surface area contributed by atoms with Gasteiger partial charge in [0, 0.05) is 90.5 Å². The van der Waals surface area contributed by atoms with Gasteiger partial charge in [0.05, 0.1) is 67.2 Å². The number of fused-ring (bicyclic) bond motifs is 6. The average Bonchev–Trinajstić information content (AvgIpc) is 3.94. The number of aromatic carboxylic acids is 1. The summed E-state index contributed by atoms with van der Waals surface area (Å²) in [6.45, 7) is 8.37. The van der Waals surface area contributed by atoms with E-state index >= 15 is 0 Å². The Balaban J connectivity index is 0.000000165. The van der Waals surface area contributed by atoms with Gasteiger partial charge in [0.25, 0.3) is 0 Å². The quantitative estimate of drug-likeness (QED) is 0.125. The summed E-state index contributed by atoms with van der Waals surface area (Å²) >= 11 is 0. The standard InChI is InChI=1S/2C27H30N8O4/c1-15-23(34(3)32-30-15)17-13-18-20(29-14-17)25-26(22(27(36)38-5)31-33(25)2)35(18)24(16-8-11-39-12-9-16)21-19(37-4)7-6-10-28-21;1-14-17(23-15(2)30-32-34(23)4)13-29-20-22(14)35(26-21(27(36)37)31-33(3)25(20)26)24(16-8-11-39-12-9-16)19-18(38-5)7-6-10-28-19/h6-7,10,13-14,16,24H,8-9,11-12H2,1-5H3;6-7,10,13,16,24H,8-9,11-12H2,1-5H3,(H,36,37). The van der Waals surface area contributed by atoms with Gasteiger partial charge in [0.15, 0.2) is 11.4 Å². The molecule has 78 heavy (non-hydrogen) atoms. The van der Waals surface area contributed by atoms with E-state index in [9.17, 15) is 14.7 Å². The van der Waals surface area contributed by atoms with Crippen LogP contribution in [0, 0.1) is 32.6 Å². The van der Waals surface area contributed by atoms with E-state index in [0.717, 1.165) is 98.6 Å². The second-order valence-electron chi connectivity index (χ2n) is 19.7. The van der Waals surface area contributed by atoms with Crippen molar-refractivity contribution in [3.63, 3.8) is 0 Å². The summed E-state index contributed by atoms with van der Waals surface area (Å²) in [5.74, 6) is -0.0631. The normalized spacial score (nSPS) is 15.3. The molecule has 0 aromatic carbocycles. The highest BCUT2D eigenvalue weighted by atomic mass is 16.5. The number of rotatable bonds is 12. The molecule has 2 aliphatic heterocycles. The molecule has 0 bridgehead atoms. The lowest BCUT2D eigenvalue weighted by molar-refractivity contribution is 0.0540. The summed E-state index contributed by atoms with van der Waals surface area (Å²) in [5.41, 5.74) is 13.3. The lowest BCUT2D eigenvalue weighted by Crippen LogP contribution is -2.28. The number of aryl methyl sites for hydroxylation is 7. The summed E-state index contributed by atoms with van der Waals surface area (Å²) in [4.78, 5) is 45.1. The SMILES string of the molecule is COC(=O)c1nn(C)c2c3ncc(-c4c(C)nnn4C)cc3n(C(c3ncccc3OC)C3CCOCC3)c12.COc1cccnc1C(C1CCOCC1)n1c2c(C)c(-c3c(C)nnn3C)cnc2c2c1c(C(=O)O)nn2C. The Kier molecular flexibility index (Phi) is 13.7. The van der Waals surface area contributed by atoms with Crippen molar-refractivity contribution in [1.82, 2.24) is 78.6 Å². The Morgan fingerprint density at radius 3 is 1.67 bits per heavy atom. The van der Waals surface area contributed by atoms with E-state index in [1.807, 2.05) is 78.6 Å². The van der Waals surface area contributed by atoms with Gasteiger partial charge in [0.2, 0.25) is 0 Å². The molecular formula is C54H60N16O8. The fourth-order valence-electron chi connectivity index (χ4n) is 11.9. The summed E-state index contributed by atoms with van der Waals surface area (Å²) in [6.07, 6.45) is 10.3. The number of aromatic nitrogens is 16. The number of hydrogen-bond donors (Lipinski definition) is 1. The zero-order chi connectivity index (χ0) is 54.7. The number of carbonyl (C=O) groups is 2. The van der Waals surface area contributed by atoms with Crippen molar-refractivity contribution in [2.45, 2.75) is 58.5 Å². The number of carboxylic acids is 1. The molecule has 2 unspecified atom stereocenters. The molecule has 1 N–H and O–H groups in total. The maximum absolute atomic E-state index is 13.1. The van der Waals surface area contributed by atoms with Gasteiger partial charge < -0.3 is 37.9 Å². The first-order valence-electron chi connectivity index (χ1n) is 25.7. The molecule has 2 fully saturated rings. The van der Waals surface area contributed by atoms with E-state index in [2.05, 4.69) is 46.0 Å². The second kappa shape index (κ2) is 20.7. The van der Waals surface area contributed by atoms with Gasteiger partial charge in [-0.1, -0.05) is 10.4 Å². The van der Waals surface area contributed by atoms with Crippen molar-refractivity contribution in [1.29, 1.82) is 0 Å². The van der Waals surface area contributed by atoms with Gasteiger partial charge in [-0.25, -0.2) is 19.0 Å². The van der Waals surface area contributed by atoms with Gasteiger partial charge in [-0.2, -0.15) is 10.2 Å². The first-order valence-corrected chi connectivity index (χ1v) is 25.7. The van der Waals surface area contributed by atoms with Crippen molar-refractivity contribution >= 4 is 56.1 Å². The maximum atomic E-state index is 13.1. The molecule has 24 heteroatoms. The predicted octanol–water partition coefficient (Wildman–Crippen LogP) is 6.69. The van der Waals surface area contributed by atoms with Gasteiger partial charge in [-0.3, -0.25) is 29.3 Å². The number of methoxy groups -OCH3 is 3. The van der Waals surface area contributed by atoms with Crippen LogP contribution in [0.5, 0.6) is 11.5 Å². The smallest absolute Gasteiger partial charge is 0.360 e. The molecule has 0 spiro atoms. The molecule has 2 atom stereocenters. The van der Waals surface area contributed by atoms with Crippen LogP contribution in [0.3, 0.4) is 0 Å². The van der Waals surface area contributed by atoms with Crippen molar-refractivity contribution in [2.75, 3.05) is 47.8 Å². The molecule has 10 aromatic rings. The highest BCUT2D eigenvalue weighted by Crippen LogP contribution is 2.46. The molecule has 2 aliphatic rings. The third-order valence-electron chi connectivity index (χ3n) is 15.3. The number of nitrogens with zero attached hydrogens (tertiary/aromatic N) is 16. The average molecular weight is 1060 g/mol. The van der Waals surface area contributed by atoms with Crippen LogP contribution in [0.1, 0.15) is 87.1 Å². The molecule has 12 heterocycles. The highest BCUT2D eigenvalue weighted by molar-refractivity contribution is 6.13. The van der Waals surface area contributed by atoms with E-state index < -0.39 is 11.9 Å². The molecule has 0 saturated carbocycles. The minimum absolute atomic E-state index is 0.0308. The predicted molar refractivity (Wildman–Crippen MR) is 285 cm³/mol. The van der Waals surface area contributed by atoms with Gasteiger partial charge in [-0.05, 0) is 94.2 Å². The fraction of sp³-hybridized carbons (Fsp3) is 0.407. The van der Waals surface area contributed by atoms with Crippen LogP contribution in [0.25, 0.3) is 66.6 Å². The van der Waals surface area contributed by atoms with Crippen molar-refractivity contribution < 1.29 is 38.4 Å². The van der Waals surface area contributed by atoms with Crippen LogP contribution >= 0.6 is 0 Å². The first-order chi connectivity index (χ1) is 37.8. The van der Waals surface area contributed by atoms with Crippen LogP contribution in [-0.2, 0) is 42.4 Å². The molecule has 10 aromatic heterocycles. The number of hydrogen-bond acceptors (Lipinski definition) is 17. The Morgan fingerprint density at radius 2 is 1.14 bits per heavy atom. The topological polar surface area (TPSA) is 259 Å². The molecule has 0 aliphatic carbocycles. The number of carbonyl (C=O) groups excluding carboxylic acids is 1. The van der Waals surface area contributed by atoms with Crippen molar-refractivity contribution in [3.05, 3.63) is 94.8 Å². The third kappa shape index (κ3) is 8.45. The summed E-state index contributed by atoms with van der Waals surface area (Å²) in [7, 11) is 11.9. The first kappa shape index (κ1) is 51.5. The maximum Gasteiger partial charge on any atom is 0.360 e. The minimum Gasteiger partial charge on any atom is -0.495 e. The molecule has 12 rings (SSSR count). The van der Waals surface area contributed by atoms with Gasteiger partial charge >= 0.3 is 11.9 Å². The van der Waals surface area contributed by atoms with Crippen LogP contribution in [-0.4, -0.2) is 143 Å². The number of pyridine rings is 4. The number of esters is 1. The van der Waals surface area contributed by atoms with E-state index in [-0.39, 0.29) is 35.3 Å². The van der Waals surface area contributed by atoms with Crippen LogP contribution in [0.15, 0.2) is 55.1 Å². The second-order valence-corrected chi connectivity index (χ2v) is 19.7. The van der Waals surface area contributed by atoms with E-state index in [1.165, 1.54) is 7.11 Å². The van der Waals surface area contributed by atoms with Crippen molar-refractivity contribution in [2.24, 2.45) is 40.0 Å². The molecule has 24 nitrogen and oxygen atoms in total. The minimum atomic E-state index is -1.10. The Hall–Kier alpha value is -8.64. The molecule has 0 amide bonds. The Bertz CT molecular complexity index is 3890. The molecule has 0 radical (unpaired) electrons. The third-order valence-corrected chi connectivity index (χ3v) is 15.3. The van der Waals surface area contributed by atoms with E-state index in [0.29, 0.717) is 60.0 Å². The van der Waals surface area contributed by atoms with Crippen LogP contribution < -0.4 is 9.47 Å². The molecule has 2 saturated heterocycles.